The molecule has 2 atom stereocenters. The number of hydrogen-bond donors (Lipinski definition) is 2. The van der Waals surface area contributed by atoms with Crippen LogP contribution in [0.3, 0.4) is 0 Å². The van der Waals surface area contributed by atoms with Gasteiger partial charge in [-0.05, 0) is 32.2 Å². The van der Waals surface area contributed by atoms with Gasteiger partial charge in [0.1, 0.15) is 18.3 Å². The molecule has 15 heavy (non-hydrogen) atoms. The van der Waals surface area contributed by atoms with E-state index >= 15 is 0 Å². The standard InChI is InChI=1S/C10H18F2N2O/c11-7-3-1-4-8(12)9(7)10(15)14-6-2-5-13/h7-9H,1-6,13H2,(H,14,15). The molecule has 0 aromatic carbocycles. The Balaban J connectivity index is 2.41. The quantitative estimate of drug-likeness (QED) is 0.692. The Morgan fingerprint density at radius 3 is 2.47 bits per heavy atom. The summed E-state index contributed by atoms with van der Waals surface area (Å²) in [4.78, 5) is 11.5. The van der Waals surface area contributed by atoms with Gasteiger partial charge >= 0.3 is 0 Å². The second kappa shape index (κ2) is 6.00. The molecule has 0 aromatic heterocycles. The monoisotopic (exact) mass is 220 g/mol. The smallest absolute Gasteiger partial charge is 0.229 e. The molecule has 3 N–H and O–H groups in total. The van der Waals surface area contributed by atoms with Crippen molar-refractivity contribution < 1.29 is 13.6 Å². The Labute approximate surface area is 88.4 Å². The van der Waals surface area contributed by atoms with Crippen LogP contribution >= 0.6 is 0 Å². The van der Waals surface area contributed by atoms with Crippen molar-refractivity contribution in [2.75, 3.05) is 13.1 Å². The zero-order valence-corrected chi connectivity index (χ0v) is 8.72. The molecule has 0 bridgehead atoms. The maximum atomic E-state index is 13.3. The average Bonchev–Trinajstić information content (AvgIpc) is 2.18. The molecule has 5 heteroatoms. The minimum absolute atomic E-state index is 0.287. The van der Waals surface area contributed by atoms with E-state index in [9.17, 15) is 13.6 Å². The molecule has 1 saturated carbocycles. The van der Waals surface area contributed by atoms with Crippen molar-refractivity contribution in [3.05, 3.63) is 0 Å². The van der Waals surface area contributed by atoms with Gasteiger partial charge in [-0.1, -0.05) is 0 Å². The summed E-state index contributed by atoms with van der Waals surface area (Å²) in [5.41, 5.74) is 5.25. The molecule has 3 nitrogen and oxygen atoms in total. The Bertz CT molecular complexity index is 204. The molecule has 1 rings (SSSR count). The maximum Gasteiger partial charge on any atom is 0.229 e. The Hall–Kier alpha value is -0.710. The number of nitrogens with one attached hydrogen (secondary N) is 1. The molecule has 88 valence electrons. The molecule has 0 heterocycles. The van der Waals surface area contributed by atoms with Gasteiger partial charge in [-0.2, -0.15) is 0 Å². The lowest BCUT2D eigenvalue weighted by molar-refractivity contribution is -0.131. The highest BCUT2D eigenvalue weighted by molar-refractivity contribution is 5.80. The first-order valence-corrected chi connectivity index (χ1v) is 5.42. The normalized spacial score (nSPS) is 31.3. The summed E-state index contributed by atoms with van der Waals surface area (Å²) >= 11 is 0. The Kier molecular flexibility index (Phi) is 4.94. The van der Waals surface area contributed by atoms with E-state index in [1.54, 1.807) is 0 Å². The largest absolute Gasteiger partial charge is 0.356 e. The van der Waals surface area contributed by atoms with Crippen LogP contribution in [0, 0.1) is 5.92 Å². The van der Waals surface area contributed by atoms with Gasteiger partial charge in [0.2, 0.25) is 5.91 Å². The molecule has 0 spiro atoms. The predicted octanol–water partition coefficient (Wildman–Crippen LogP) is 0.928. The number of carbonyl (C=O) groups excluding carboxylic acids is 1. The summed E-state index contributed by atoms with van der Waals surface area (Å²) in [7, 11) is 0. The minimum atomic E-state index is -1.34. The molecule has 1 aliphatic rings. The maximum absolute atomic E-state index is 13.3. The highest BCUT2D eigenvalue weighted by Crippen LogP contribution is 2.29. The zero-order valence-electron chi connectivity index (χ0n) is 8.72. The first kappa shape index (κ1) is 12.4. The molecular weight excluding hydrogens is 202 g/mol. The van der Waals surface area contributed by atoms with E-state index < -0.39 is 24.2 Å². The number of nitrogens with two attached hydrogens (primary N) is 1. The van der Waals surface area contributed by atoms with Crippen molar-refractivity contribution in [2.24, 2.45) is 11.7 Å². The summed E-state index contributed by atoms with van der Waals surface area (Å²) in [6, 6.07) is 0. The summed E-state index contributed by atoms with van der Waals surface area (Å²) in [5, 5.41) is 2.52. The van der Waals surface area contributed by atoms with E-state index in [2.05, 4.69) is 5.32 Å². The van der Waals surface area contributed by atoms with Crippen molar-refractivity contribution in [2.45, 2.75) is 38.0 Å². The molecule has 2 unspecified atom stereocenters. The fourth-order valence-electron chi connectivity index (χ4n) is 1.85. The molecule has 0 radical (unpaired) electrons. The van der Waals surface area contributed by atoms with E-state index in [4.69, 9.17) is 5.73 Å². The topological polar surface area (TPSA) is 55.1 Å². The molecule has 0 aliphatic heterocycles. The van der Waals surface area contributed by atoms with Crippen LogP contribution in [0.1, 0.15) is 25.7 Å². The lowest BCUT2D eigenvalue weighted by Gasteiger charge is -2.28. The average molecular weight is 220 g/mol. The Morgan fingerprint density at radius 2 is 1.93 bits per heavy atom. The van der Waals surface area contributed by atoms with Gasteiger partial charge in [0.15, 0.2) is 0 Å². The summed E-state index contributed by atoms with van der Waals surface area (Å²) in [6.07, 6.45) is -0.954. The number of alkyl halides is 2. The number of halogens is 2. The highest BCUT2D eigenvalue weighted by atomic mass is 19.1. The highest BCUT2D eigenvalue weighted by Gasteiger charge is 2.38. The van der Waals surface area contributed by atoms with Crippen LogP contribution in [-0.4, -0.2) is 31.3 Å². The lowest BCUT2D eigenvalue weighted by atomic mass is 9.85. The molecule has 0 saturated heterocycles. The van der Waals surface area contributed by atoms with Crippen LogP contribution < -0.4 is 11.1 Å². The van der Waals surface area contributed by atoms with Crippen molar-refractivity contribution in [1.82, 2.24) is 5.32 Å². The molecule has 1 aliphatic carbocycles. The SMILES string of the molecule is NCCCNC(=O)C1C(F)CCCC1F. The van der Waals surface area contributed by atoms with Crippen LogP contribution in [0.25, 0.3) is 0 Å². The summed E-state index contributed by atoms with van der Waals surface area (Å²) in [6.45, 7) is 0.855. The van der Waals surface area contributed by atoms with Crippen LogP contribution in [0.2, 0.25) is 0 Å². The minimum Gasteiger partial charge on any atom is -0.356 e. The first-order chi connectivity index (χ1) is 7.16. The van der Waals surface area contributed by atoms with Gasteiger partial charge in [0.25, 0.3) is 0 Å². The summed E-state index contributed by atoms with van der Waals surface area (Å²) < 4.78 is 26.7. The van der Waals surface area contributed by atoms with E-state index in [0.29, 0.717) is 25.9 Å². The van der Waals surface area contributed by atoms with Gasteiger partial charge in [-0.3, -0.25) is 4.79 Å². The van der Waals surface area contributed by atoms with Crippen LogP contribution in [0.4, 0.5) is 8.78 Å². The van der Waals surface area contributed by atoms with Crippen molar-refractivity contribution >= 4 is 5.91 Å². The molecule has 0 aromatic rings. The fourth-order valence-corrected chi connectivity index (χ4v) is 1.85. The van der Waals surface area contributed by atoms with Crippen LogP contribution in [-0.2, 0) is 4.79 Å². The third kappa shape index (κ3) is 3.41. The van der Waals surface area contributed by atoms with Gasteiger partial charge in [-0.15, -0.1) is 0 Å². The number of hydrogen-bond acceptors (Lipinski definition) is 2. The number of rotatable bonds is 4. The molecular formula is C10H18F2N2O. The first-order valence-electron chi connectivity index (χ1n) is 5.42. The van der Waals surface area contributed by atoms with E-state index in [0.717, 1.165) is 0 Å². The van der Waals surface area contributed by atoms with Crippen LogP contribution in [0.15, 0.2) is 0 Å². The lowest BCUT2D eigenvalue weighted by Crippen LogP contribution is -2.44. The predicted molar refractivity (Wildman–Crippen MR) is 53.8 cm³/mol. The second-order valence-corrected chi connectivity index (χ2v) is 3.92. The van der Waals surface area contributed by atoms with E-state index in [1.165, 1.54) is 0 Å². The fraction of sp³-hybridized carbons (Fsp3) is 0.900. The van der Waals surface area contributed by atoms with Crippen LogP contribution in [0.5, 0.6) is 0 Å². The molecule has 1 amide bonds. The van der Waals surface area contributed by atoms with E-state index in [1.807, 2.05) is 0 Å². The van der Waals surface area contributed by atoms with Gasteiger partial charge in [0.05, 0.1) is 0 Å². The third-order valence-corrected chi connectivity index (χ3v) is 2.72. The van der Waals surface area contributed by atoms with Gasteiger partial charge in [0, 0.05) is 6.54 Å². The zero-order chi connectivity index (χ0) is 11.3. The number of amides is 1. The van der Waals surface area contributed by atoms with E-state index in [-0.39, 0.29) is 12.8 Å². The molecule has 1 fully saturated rings. The third-order valence-electron chi connectivity index (χ3n) is 2.72. The Morgan fingerprint density at radius 1 is 1.33 bits per heavy atom. The second-order valence-electron chi connectivity index (χ2n) is 3.92. The van der Waals surface area contributed by atoms with Gasteiger partial charge in [-0.25, -0.2) is 8.78 Å². The van der Waals surface area contributed by atoms with Gasteiger partial charge < -0.3 is 11.1 Å². The van der Waals surface area contributed by atoms with Crippen molar-refractivity contribution in [1.29, 1.82) is 0 Å². The van der Waals surface area contributed by atoms with Crippen molar-refractivity contribution in [3.63, 3.8) is 0 Å². The summed E-state index contributed by atoms with van der Waals surface area (Å²) in [5.74, 6) is -1.63. The van der Waals surface area contributed by atoms with Crippen molar-refractivity contribution in [3.8, 4) is 0 Å². The number of carbonyl (C=O) groups is 1.